The molecule has 0 atom stereocenters. The molecule has 0 fully saturated rings. The van der Waals surface area contributed by atoms with Gasteiger partial charge in [-0.1, -0.05) is 6.07 Å². The van der Waals surface area contributed by atoms with Crippen LogP contribution >= 0.6 is 0 Å². The van der Waals surface area contributed by atoms with Gasteiger partial charge in [-0.2, -0.15) is 0 Å². The fraction of sp³-hybridized carbons (Fsp3) is 0.312. The zero-order valence-corrected chi connectivity index (χ0v) is 13.2. The molecule has 0 bridgehead atoms. The van der Waals surface area contributed by atoms with Gasteiger partial charge in [0.05, 0.1) is 10.6 Å². The van der Waals surface area contributed by atoms with E-state index in [0.29, 0.717) is 5.69 Å². The van der Waals surface area contributed by atoms with Gasteiger partial charge in [0.2, 0.25) is 0 Å². The van der Waals surface area contributed by atoms with Crippen molar-refractivity contribution in [2.45, 2.75) is 30.6 Å². The van der Waals surface area contributed by atoms with Gasteiger partial charge in [-0.3, -0.25) is 4.79 Å². The van der Waals surface area contributed by atoms with E-state index in [9.17, 15) is 13.2 Å². The third-order valence-electron chi connectivity index (χ3n) is 3.96. The smallest absolute Gasteiger partial charge is 0.251 e. The summed E-state index contributed by atoms with van der Waals surface area (Å²) in [5.41, 5.74) is 3.41. The molecule has 1 heterocycles. The summed E-state index contributed by atoms with van der Waals surface area (Å²) in [6, 6.07) is 6.70. The molecular weight excluding hydrogens is 300 g/mol. The van der Waals surface area contributed by atoms with Crippen LogP contribution in [0.4, 0.5) is 11.4 Å². The number of hydrogen-bond donors (Lipinski definition) is 2. The molecule has 6 heteroatoms. The first kappa shape index (κ1) is 14.8. The average molecular weight is 318 g/mol. The second-order valence-electron chi connectivity index (χ2n) is 5.62. The number of H-pyrrole nitrogens is 1. The molecule has 3 rings (SSSR count). The van der Waals surface area contributed by atoms with Crippen LogP contribution in [-0.4, -0.2) is 19.7 Å². The number of pyridine rings is 1. The van der Waals surface area contributed by atoms with Crippen LogP contribution < -0.4 is 10.9 Å². The van der Waals surface area contributed by atoms with Crippen LogP contribution in [-0.2, 0) is 22.7 Å². The molecule has 2 aromatic rings. The Hall–Kier alpha value is -2.08. The molecule has 1 aliphatic rings. The fourth-order valence-electron chi connectivity index (χ4n) is 2.84. The van der Waals surface area contributed by atoms with Crippen molar-refractivity contribution < 1.29 is 8.42 Å². The molecule has 22 heavy (non-hydrogen) atoms. The number of sulfone groups is 1. The standard InChI is InChI=1S/C16H18N2O3S/c1-22(20,21)12-6-4-5-11(9-12)18-15-10-17-16(19)14-8-3-2-7-13(14)15/h4-6,9-10,18H,2-3,7-8H2,1H3,(H,17,19). The Morgan fingerprint density at radius 1 is 1.14 bits per heavy atom. The summed E-state index contributed by atoms with van der Waals surface area (Å²) in [4.78, 5) is 14.9. The minimum atomic E-state index is -3.24. The zero-order chi connectivity index (χ0) is 15.7. The van der Waals surface area contributed by atoms with Gasteiger partial charge >= 0.3 is 0 Å². The molecule has 2 N–H and O–H groups in total. The third kappa shape index (κ3) is 2.92. The lowest BCUT2D eigenvalue weighted by atomic mass is 9.92. The molecule has 0 unspecified atom stereocenters. The third-order valence-corrected chi connectivity index (χ3v) is 5.07. The lowest BCUT2D eigenvalue weighted by Gasteiger charge is -2.19. The van der Waals surface area contributed by atoms with E-state index < -0.39 is 9.84 Å². The number of rotatable bonds is 3. The zero-order valence-electron chi connectivity index (χ0n) is 12.3. The van der Waals surface area contributed by atoms with Gasteiger partial charge in [0.1, 0.15) is 0 Å². The number of hydrogen-bond acceptors (Lipinski definition) is 4. The predicted molar refractivity (Wildman–Crippen MR) is 86.5 cm³/mol. The summed E-state index contributed by atoms with van der Waals surface area (Å²) in [7, 11) is -3.24. The van der Waals surface area contributed by atoms with Crippen molar-refractivity contribution in [3.05, 3.63) is 51.9 Å². The Bertz CT molecular complexity index is 869. The summed E-state index contributed by atoms with van der Waals surface area (Å²) < 4.78 is 23.3. The van der Waals surface area contributed by atoms with Crippen molar-refractivity contribution in [2.75, 3.05) is 11.6 Å². The number of aromatic amines is 1. The number of aromatic nitrogens is 1. The van der Waals surface area contributed by atoms with Crippen molar-refractivity contribution in [1.29, 1.82) is 0 Å². The maximum absolute atomic E-state index is 11.9. The Labute approximate surface area is 129 Å². The number of nitrogens with one attached hydrogen (secondary N) is 2. The van der Waals surface area contributed by atoms with E-state index in [1.54, 1.807) is 24.4 Å². The predicted octanol–water partition coefficient (Wildman–Crippen LogP) is 2.40. The molecule has 0 saturated heterocycles. The van der Waals surface area contributed by atoms with Crippen LogP contribution in [0.15, 0.2) is 40.2 Å². The van der Waals surface area contributed by atoms with Gasteiger partial charge in [-0.15, -0.1) is 0 Å². The van der Waals surface area contributed by atoms with E-state index >= 15 is 0 Å². The number of fused-ring (bicyclic) bond motifs is 1. The summed E-state index contributed by atoms with van der Waals surface area (Å²) >= 11 is 0. The van der Waals surface area contributed by atoms with E-state index in [0.717, 1.165) is 42.5 Å². The van der Waals surface area contributed by atoms with Gasteiger partial charge in [-0.05, 0) is 49.4 Å². The van der Waals surface area contributed by atoms with E-state index in [-0.39, 0.29) is 10.5 Å². The highest BCUT2D eigenvalue weighted by Gasteiger charge is 2.17. The van der Waals surface area contributed by atoms with Gasteiger partial charge in [0.15, 0.2) is 9.84 Å². The molecule has 1 aromatic carbocycles. The van der Waals surface area contributed by atoms with Crippen molar-refractivity contribution in [2.24, 2.45) is 0 Å². The minimum absolute atomic E-state index is 0.0230. The second-order valence-corrected chi connectivity index (χ2v) is 7.64. The first-order chi connectivity index (χ1) is 10.4. The lowest BCUT2D eigenvalue weighted by molar-refractivity contribution is 0.602. The summed E-state index contributed by atoms with van der Waals surface area (Å²) in [6.45, 7) is 0. The van der Waals surface area contributed by atoms with Crippen molar-refractivity contribution in [3.63, 3.8) is 0 Å². The molecule has 116 valence electrons. The summed E-state index contributed by atoms with van der Waals surface area (Å²) in [6.07, 6.45) is 6.61. The van der Waals surface area contributed by atoms with E-state index in [2.05, 4.69) is 10.3 Å². The van der Waals surface area contributed by atoms with Gasteiger partial charge < -0.3 is 10.3 Å². The van der Waals surface area contributed by atoms with Crippen LogP contribution in [0.1, 0.15) is 24.0 Å². The first-order valence-electron chi connectivity index (χ1n) is 7.26. The Balaban J connectivity index is 1.99. The van der Waals surface area contributed by atoms with Crippen LogP contribution in [0.3, 0.4) is 0 Å². The topological polar surface area (TPSA) is 79.0 Å². The Morgan fingerprint density at radius 3 is 2.59 bits per heavy atom. The maximum Gasteiger partial charge on any atom is 0.251 e. The quantitative estimate of drug-likeness (QED) is 0.911. The van der Waals surface area contributed by atoms with Gasteiger partial charge in [0, 0.05) is 23.7 Å². The Kier molecular flexibility index (Phi) is 3.78. The largest absolute Gasteiger partial charge is 0.354 e. The lowest BCUT2D eigenvalue weighted by Crippen LogP contribution is -2.20. The SMILES string of the molecule is CS(=O)(=O)c1cccc(Nc2c[nH]c(=O)c3c2CCCC3)c1. The summed E-state index contributed by atoms with van der Waals surface area (Å²) in [5.74, 6) is 0. The van der Waals surface area contributed by atoms with E-state index in [1.165, 1.54) is 6.26 Å². The van der Waals surface area contributed by atoms with Crippen molar-refractivity contribution in [1.82, 2.24) is 4.98 Å². The number of anilines is 2. The van der Waals surface area contributed by atoms with Gasteiger partial charge in [0.25, 0.3) is 5.56 Å². The van der Waals surface area contributed by atoms with Gasteiger partial charge in [-0.25, -0.2) is 8.42 Å². The molecule has 1 aromatic heterocycles. The maximum atomic E-state index is 11.9. The number of benzene rings is 1. The molecule has 5 nitrogen and oxygen atoms in total. The second kappa shape index (κ2) is 5.61. The average Bonchev–Trinajstić information content (AvgIpc) is 2.50. The van der Waals surface area contributed by atoms with Crippen LogP contribution in [0.25, 0.3) is 0 Å². The minimum Gasteiger partial charge on any atom is -0.354 e. The molecule has 1 aliphatic carbocycles. The highest BCUT2D eigenvalue weighted by atomic mass is 32.2. The molecule has 0 aliphatic heterocycles. The molecule has 0 spiro atoms. The van der Waals surface area contributed by atoms with Crippen LogP contribution in [0, 0.1) is 0 Å². The highest BCUT2D eigenvalue weighted by Crippen LogP contribution is 2.28. The molecular formula is C16H18N2O3S. The van der Waals surface area contributed by atoms with Crippen LogP contribution in [0.2, 0.25) is 0 Å². The molecule has 0 radical (unpaired) electrons. The monoisotopic (exact) mass is 318 g/mol. The summed E-state index contributed by atoms with van der Waals surface area (Å²) in [5, 5.41) is 3.24. The van der Waals surface area contributed by atoms with E-state index in [4.69, 9.17) is 0 Å². The fourth-order valence-corrected chi connectivity index (χ4v) is 3.50. The molecule has 0 amide bonds. The van der Waals surface area contributed by atoms with Crippen LogP contribution in [0.5, 0.6) is 0 Å². The van der Waals surface area contributed by atoms with E-state index in [1.807, 2.05) is 6.07 Å². The molecule has 0 saturated carbocycles. The normalized spacial score (nSPS) is 14.4. The highest BCUT2D eigenvalue weighted by molar-refractivity contribution is 7.90. The Morgan fingerprint density at radius 2 is 1.86 bits per heavy atom. The van der Waals surface area contributed by atoms with Crippen molar-refractivity contribution >= 4 is 21.2 Å². The van der Waals surface area contributed by atoms with Crippen molar-refractivity contribution in [3.8, 4) is 0 Å². The first-order valence-corrected chi connectivity index (χ1v) is 9.15.